The minimum Gasteiger partial charge on any atom is -0.0843 e. The van der Waals surface area contributed by atoms with Crippen molar-refractivity contribution in [3.63, 3.8) is 0 Å². The number of aryl methyl sites for hydroxylation is 2. The molecule has 3 rings (SSSR count). The van der Waals surface area contributed by atoms with Crippen molar-refractivity contribution in [3.05, 3.63) is 68.7 Å². The third-order valence-electron chi connectivity index (χ3n) is 3.38. The first-order valence-corrected chi connectivity index (χ1v) is 6.52. The van der Waals surface area contributed by atoms with Crippen LogP contribution < -0.4 is 0 Å². The minimum atomic E-state index is 0.814. The van der Waals surface area contributed by atoms with Crippen molar-refractivity contribution < 1.29 is 0 Å². The van der Waals surface area contributed by atoms with Gasteiger partial charge >= 0.3 is 0 Å². The van der Waals surface area contributed by atoms with Crippen LogP contribution in [-0.4, -0.2) is 0 Å². The highest BCUT2D eigenvalue weighted by Crippen LogP contribution is 2.28. The van der Waals surface area contributed by atoms with Crippen LogP contribution in [0.25, 0.3) is 0 Å². The molecule has 0 atom stereocenters. The highest BCUT2D eigenvalue weighted by molar-refractivity contribution is 6.31. The maximum absolute atomic E-state index is 6.06. The van der Waals surface area contributed by atoms with Gasteiger partial charge in [-0.3, -0.25) is 0 Å². The van der Waals surface area contributed by atoms with E-state index in [1.807, 2.05) is 12.1 Å². The van der Waals surface area contributed by atoms with E-state index in [0.717, 1.165) is 29.3 Å². The first kappa shape index (κ1) is 11.1. The lowest BCUT2D eigenvalue weighted by Gasteiger charge is -2.06. The summed E-state index contributed by atoms with van der Waals surface area (Å²) in [7, 11) is 0. The van der Waals surface area contributed by atoms with Gasteiger partial charge in [-0.05, 0) is 65.8 Å². The molecule has 86 valence electrons. The van der Waals surface area contributed by atoms with Crippen LogP contribution in [-0.2, 0) is 19.3 Å². The predicted octanol–water partition coefficient (Wildman–Crippen LogP) is 4.68. The Morgan fingerprint density at radius 2 is 1.12 bits per heavy atom. The summed E-state index contributed by atoms with van der Waals surface area (Å²) < 4.78 is 0. The summed E-state index contributed by atoms with van der Waals surface area (Å²) in [5.74, 6) is 0. The molecule has 0 saturated carbocycles. The number of halogens is 2. The van der Waals surface area contributed by atoms with Crippen LogP contribution in [0.15, 0.2) is 36.4 Å². The van der Waals surface area contributed by atoms with Crippen molar-refractivity contribution in [2.75, 3.05) is 0 Å². The van der Waals surface area contributed by atoms with Gasteiger partial charge in [0.05, 0.1) is 0 Å². The molecule has 0 spiro atoms. The molecule has 0 bridgehead atoms. The van der Waals surface area contributed by atoms with Crippen molar-refractivity contribution >= 4 is 23.2 Å². The molecular formula is C15H12Cl2. The van der Waals surface area contributed by atoms with Gasteiger partial charge in [0.15, 0.2) is 0 Å². The molecule has 0 heterocycles. The van der Waals surface area contributed by atoms with E-state index < -0.39 is 0 Å². The van der Waals surface area contributed by atoms with Crippen LogP contribution in [0.4, 0.5) is 0 Å². The van der Waals surface area contributed by atoms with Crippen molar-refractivity contribution in [3.8, 4) is 0 Å². The molecule has 17 heavy (non-hydrogen) atoms. The van der Waals surface area contributed by atoms with E-state index in [-0.39, 0.29) is 0 Å². The average molecular weight is 263 g/mol. The molecule has 0 aromatic heterocycles. The van der Waals surface area contributed by atoms with Gasteiger partial charge in [0.25, 0.3) is 0 Å². The first-order valence-electron chi connectivity index (χ1n) is 5.77. The number of fused-ring (bicyclic) bond motifs is 2. The fourth-order valence-electron chi connectivity index (χ4n) is 2.48. The molecule has 2 aromatic rings. The summed E-state index contributed by atoms with van der Waals surface area (Å²) in [6, 6.07) is 12.4. The molecule has 0 saturated heterocycles. The van der Waals surface area contributed by atoms with Gasteiger partial charge in [-0.15, -0.1) is 0 Å². The first-order chi connectivity index (χ1) is 8.22. The number of rotatable bonds is 0. The Bertz CT molecular complexity index is 522. The molecule has 0 fully saturated rings. The second kappa shape index (κ2) is 4.36. The number of hydrogen-bond donors (Lipinski definition) is 0. The maximum atomic E-state index is 6.06. The van der Waals surface area contributed by atoms with Crippen LogP contribution in [0.2, 0.25) is 10.0 Å². The van der Waals surface area contributed by atoms with Gasteiger partial charge in [0.2, 0.25) is 0 Å². The van der Waals surface area contributed by atoms with Crippen molar-refractivity contribution in [2.45, 2.75) is 19.3 Å². The molecule has 2 heteroatoms. The second-order valence-corrected chi connectivity index (χ2v) is 5.38. The fraction of sp³-hybridized carbons (Fsp3) is 0.200. The zero-order valence-corrected chi connectivity index (χ0v) is 10.9. The van der Waals surface area contributed by atoms with Crippen molar-refractivity contribution in [1.82, 2.24) is 0 Å². The largest absolute Gasteiger partial charge is 0.0843 e. The summed E-state index contributed by atoms with van der Waals surface area (Å²) in [4.78, 5) is 0. The Hall–Kier alpha value is -0.980. The Morgan fingerprint density at radius 1 is 0.647 bits per heavy atom. The average Bonchev–Trinajstić information content (AvgIpc) is 2.46. The Balaban J connectivity index is 2.10. The highest BCUT2D eigenvalue weighted by atomic mass is 35.5. The molecule has 0 amide bonds. The third-order valence-corrected chi connectivity index (χ3v) is 3.85. The van der Waals surface area contributed by atoms with Crippen molar-refractivity contribution in [1.29, 1.82) is 0 Å². The maximum Gasteiger partial charge on any atom is 0.0409 e. The standard InChI is InChI=1S/C15H12Cl2/c16-14-5-3-10-1-2-11-4-6-15(17)9-13(11)7-12(10)8-14/h3-6,8-9H,1-2,7H2. The van der Waals surface area contributed by atoms with Crippen LogP contribution >= 0.6 is 23.2 Å². The molecule has 0 radical (unpaired) electrons. The monoisotopic (exact) mass is 262 g/mol. The van der Waals surface area contributed by atoms with E-state index in [1.54, 1.807) is 0 Å². The van der Waals surface area contributed by atoms with E-state index in [0.29, 0.717) is 0 Å². The van der Waals surface area contributed by atoms with E-state index >= 15 is 0 Å². The molecule has 2 aromatic carbocycles. The summed E-state index contributed by atoms with van der Waals surface area (Å²) in [5.41, 5.74) is 5.47. The molecule has 0 aliphatic heterocycles. The zero-order valence-electron chi connectivity index (χ0n) is 9.34. The van der Waals surface area contributed by atoms with Gasteiger partial charge in [-0.1, -0.05) is 35.3 Å². The van der Waals surface area contributed by atoms with Gasteiger partial charge in [-0.25, -0.2) is 0 Å². The van der Waals surface area contributed by atoms with Crippen LogP contribution in [0.1, 0.15) is 22.3 Å². The second-order valence-electron chi connectivity index (χ2n) is 4.50. The van der Waals surface area contributed by atoms with Gasteiger partial charge in [0.1, 0.15) is 0 Å². The van der Waals surface area contributed by atoms with E-state index in [4.69, 9.17) is 23.2 Å². The predicted molar refractivity (Wildman–Crippen MR) is 73.1 cm³/mol. The van der Waals surface area contributed by atoms with E-state index in [2.05, 4.69) is 24.3 Å². The summed E-state index contributed by atoms with van der Waals surface area (Å²) in [5, 5.41) is 1.63. The smallest absolute Gasteiger partial charge is 0.0409 e. The number of hydrogen-bond acceptors (Lipinski definition) is 0. The SMILES string of the molecule is Clc1ccc2c(c1)Cc1cc(Cl)ccc1CC2. The normalized spacial score (nSPS) is 13.8. The molecule has 0 N–H and O–H groups in total. The topological polar surface area (TPSA) is 0 Å². The lowest BCUT2D eigenvalue weighted by atomic mass is 10.0. The van der Waals surface area contributed by atoms with Crippen LogP contribution in [0.3, 0.4) is 0 Å². The molecule has 1 aliphatic rings. The summed E-state index contributed by atoms with van der Waals surface area (Å²) in [6.45, 7) is 0. The lowest BCUT2D eigenvalue weighted by Crippen LogP contribution is -1.92. The van der Waals surface area contributed by atoms with E-state index in [1.165, 1.54) is 22.3 Å². The molecule has 1 aliphatic carbocycles. The van der Waals surface area contributed by atoms with Gasteiger partial charge < -0.3 is 0 Å². The molecule has 0 nitrogen and oxygen atoms in total. The van der Waals surface area contributed by atoms with Crippen molar-refractivity contribution in [2.24, 2.45) is 0 Å². The Labute approximate surface area is 111 Å². The third kappa shape index (κ3) is 2.20. The zero-order chi connectivity index (χ0) is 11.8. The summed E-state index contributed by atoms with van der Waals surface area (Å²) in [6.07, 6.45) is 3.11. The van der Waals surface area contributed by atoms with Crippen LogP contribution in [0.5, 0.6) is 0 Å². The van der Waals surface area contributed by atoms with Crippen LogP contribution in [0, 0.1) is 0 Å². The quantitative estimate of drug-likeness (QED) is 0.647. The highest BCUT2D eigenvalue weighted by Gasteiger charge is 2.13. The Morgan fingerprint density at radius 3 is 1.59 bits per heavy atom. The fourth-order valence-corrected chi connectivity index (χ4v) is 2.87. The molecular weight excluding hydrogens is 251 g/mol. The minimum absolute atomic E-state index is 0.814. The molecule has 0 unspecified atom stereocenters. The van der Waals surface area contributed by atoms with Gasteiger partial charge in [-0.2, -0.15) is 0 Å². The Kier molecular flexibility index (Phi) is 2.85. The number of benzene rings is 2. The van der Waals surface area contributed by atoms with E-state index in [9.17, 15) is 0 Å². The van der Waals surface area contributed by atoms with Gasteiger partial charge in [0, 0.05) is 10.0 Å². The lowest BCUT2D eigenvalue weighted by molar-refractivity contribution is 0.965. The summed E-state index contributed by atoms with van der Waals surface area (Å²) >= 11 is 12.1.